The van der Waals surface area contributed by atoms with Gasteiger partial charge in [-0.15, -0.1) is 12.4 Å². The zero-order valence-electron chi connectivity index (χ0n) is 11.6. The number of benzene rings is 1. The minimum Gasteiger partial charge on any atom is -0.492 e. The number of thiol groups is 1. The molecule has 1 rings (SSSR count). The Morgan fingerprint density at radius 3 is 2.44 bits per heavy atom. The molecule has 0 aromatic heterocycles. The standard InChI is InChI=1S/C14H23NOS.ClH/c1-11-5-6-13(9-12(11)2)16-8-7-15-10-14(3,4)17;/h5-6,9,15,17H,7-8,10H2,1-4H3;1H. The van der Waals surface area contributed by atoms with E-state index in [4.69, 9.17) is 4.74 Å². The molecule has 0 heterocycles. The molecule has 0 atom stereocenters. The van der Waals surface area contributed by atoms with Crippen molar-refractivity contribution < 1.29 is 4.74 Å². The summed E-state index contributed by atoms with van der Waals surface area (Å²) in [6.45, 7) is 10.8. The third-order valence-corrected chi connectivity index (χ3v) is 2.74. The molecule has 0 amide bonds. The molecule has 104 valence electrons. The molecule has 1 aromatic carbocycles. The van der Waals surface area contributed by atoms with Gasteiger partial charge >= 0.3 is 0 Å². The summed E-state index contributed by atoms with van der Waals surface area (Å²) in [4.78, 5) is 0. The molecule has 0 fully saturated rings. The molecule has 0 spiro atoms. The van der Waals surface area contributed by atoms with Gasteiger partial charge in [-0.2, -0.15) is 12.6 Å². The zero-order valence-corrected chi connectivity index (χ0v) is 13.3. The number of nitrogens with one attached hydrogen (secondary N) is 1. The molecule has 1 aromatic rings. The lowest BCUT2D eigenvalue weighted by Gasteiger charge is -2.18. The topological polar surface area (TPSA) is 21.3 Å². The molecule has 0 aliphatic rings. The van der Waals surface area contributed by atoms with Crippen LogP contribution < -0.4 is 10.1 Å². The van der Waals surface area contributed by atoms with Gasteiger partial charge in [-0.25, -0.2) is 0 Å². The van der Waals surface area contributed by atoms with Gasteiger partial charge in [-0.05, 0) is 51.0 Å². The number of rotatable bonds is 6. The molecule has 4 heteroatoms. The average molecular weight is 290 g/mol. The maximum absolute atomic E-state index is 5.67. The number of ether oxygens (including phenoxy) is 1. The summed E-state index contributed by atoms with van der Waals surface area (Å²) in [5, 5.41) is 3.32. The van der Waals surface area contributed by atoms with Gasteiger partial charge in [-0.1, -0.05) is 6.07 Å². The lowest BCUT2D eigenvalue weighted by Crippen LogP contribution is -2.32. The third-order valence-electron chi connectivity index (χ3n) is 2.58. The molecule has 0 saturated carbocycles. The van der Waals surface area contributed by atoms with E-state index in [-0.39, 0.29) is 17.2 Å². The maximum Gasteiger partial charge on any atom is 0.119 e. The number of aryl methyl sites for hydroxylation is 2. The lowest BCUT2D eigenvalue weighted by molar-refractivity contribution is 0.312. The van der Waals surface area contributed by atoms with Gasteiger partial charge in [-0.3, -0.25) is 0 Å². The van der Waals surface area contributed by atoms with E-state index in [2.05, 4.69) is 57.8 Å². The van der Waals surface area contributed by atoms with Crippen LogP contribution in [0.25, 0.3) is 0 Å². The first-order valence-corrected chi connectivity index (χ1v) is 6.46. The average Bonchev–Trinajstić information content (AvgIpc) is 2.21. The minimum atomic E-state index is 0. The van der Waals surface area contributed by atoms with Crippen LogP contribution in [0.2, 0.25) is 0 Å². The van der Waals surface area contributed by atoms with Crippen LogP contribution in [0.15, 0.2) is 18.2 Å². The molecule has 0 radical (unpaired) electrons. The van der Waals surface area contributed by atoms with E-state index in [1.165, 1.54) is 11.1 Å². The van der Waals surface area contributed by atoms with E-state index in [0.717, 1.165) is 18.8 Å². The molecule has 0 unspecified atom stereocenters. The van der Waals surface area contributed by atoms with Crippen LogP contribution in [0.5, 0.6) is 5.75 Å². The summed E-state index contributed by atoms with van der Waals surface area (Å²) in [5.41, 5.74) is 2.57. The molecular weight excluding hydrogens is 266 g/mol. The van der Waals surface area contributed by atoms with Crippen molar-refractivity contribution in [2.75, 3.05) is 19.7 Å². The Bertz CT molecular complexity index is 363. The molecule has 2 nitrogen and oxygen atoms in total. The van der Waals surface area contributed by atoms with Crippen molar-refractivity contribution in [3.05, 3.63) is 29.3 Å². The highest BCUT2D eigenvalue weighted by Gasteiger charge is 2.09. The van der Waals surface area contributed by atoms with Crippen LogP contribution in [-0.2, 0) is 0 Å². The smallest absolute Gasteiger partial charge is 0.119 e. The fraction of sp³-hybridized carbons (Fsp3) is 0.571. The summed E-state index contributed by atoms with van der Waals surface area (Å²) in [5.74, 6) is 0.944. The molecule has 18 heavy (non-hydrogen) atoms. The molecule has 1 N–H and O–H groups in total. The van der Waals surface area contributed by atoms with Crippen molar-refractivity contribution in [1.82, 2.24) is 5.32 Å². The molecule has 0 aliphatic carbocycles. The van der Waals surface area contributed by atoms with E-state index in [9.17, 15) is 0 Å². The monoisotopic (exact) mass is 289 g/mol. The lowest BCUT2D eigenvalue weighted by atomic mass is 10.1. The van der Waals surface area contributed by atoms with E-state index < -0.39 is 0 Å². The predicted octanol–water partition coefficient (Wildman–Crippen LogP) is 3.40. The summed E-state index contributed by atoms with van der Waals surface area (Å²) in [6.07, 6.45) is 0. The van der Waals surface area contributed by atoms with E-state index in [0.29, 0.717) is 6.61 Å². The summed E-state index contributed by atoms with van der Waals surface area (Å²) in [6, 6.07) is 6.19. The van der Waals surface area contributed by atoms with Crippen LogP contribution in [0.3, 0.4) is 0 Å². The number of hydrogen-bond acceptors (Lipinski definition) is 3. The van der Waals surface area contributed by atoms with Gasteiger partial charge in [0, 0.05) is 17.8 Å². The SMILES string of the molecule is Cc1ccc(OCCNCC(C)(C)S)cc1C.Cl. The van der Waals surface area contributed by atoms with Gasteiger partial charge in [0.15, 0.2) is 0 Å². The first-order valence-electron chi connectivity index (χ1n) is 6.02. The zero-order chi connectivity index (χ0) is 12.9. The fourth-order valence-corrected chi connectivity index (χ4v) is 1.55. The van der Waals surface area contributed by atoms with Crippen LogP contribution >= 0.6 is 25.0 Å². The second-order valence-corrected chi connectivity index (χ2v) is 6.29. The van der Waals surface area contributed by atoms with Crippen molar-refractivity contribution in [2.24, 2.45) is 0 Å². The Balaban J connectivity index is 0.00000289. The Labute approximate surface area is 122 Å². The predicted molar refractivity (Wildman–Crippen MR) is 84.6 cm³/mol. The largest absolute Gasteiger partial charge is 0.492 e. The highest BCUT2D eigenvalue weighted by Crippen LogP contribution is 2.16. The van der Waals surface area contributed by atoms with Crippen molar-refractivity contribution in [2.45, 2.75) is 32.4 Å². The van der Waals surface area contributed by atoms with Gasteiger partial charge in [0.2, 0.25) is 0 Å². The number of hydrogen-bond donors (Lipinski definition) is 2. The first kappa shape index (κ1) is 17.6. The van der Waals surface area contributed by atoms with Crippen LogP contribution in [0.4, 0.5) is 0 Å². The normalized spacial score (nSPS) is 10.9. The van der Waals surface area contributed by atoms with Crippen LogP contribution in [0, 0.1) is 13.8 Å². The van der Waals surface area contributed by atoms with E-state index in [1.54, 1.807) is 0 Å². The molecular formula is C14H24ClNOS. The van der Waals surface area contributed by atoms with E-state index in [1.807, 2.05) is 6.07 Å². The van der Waals surface area contributed by atoms with Gasteiger partial charge in [0.05, 0.1) is 0 Å². The minimum absolute atomic E-state index is 0. The quantitative estimate of drug-likeness (QED) is 0.619. The van der Waals surface area contributed by atoms with Gasteiger partial charge in [0.25, 0.3) is 0 Å². The Morgan fingerprint density at radius 1 is 1.22 bits per heavy atom. The Hall–Kier alpha value is -0.380. The Morgan fingerprint density at radius 2 is 1.89 bits per heavy atom. The van der Waals surface area contributed by atoms with Gasteiger partial charge < -0.3 is 10.1 Å². The highest BCUT2D eigenvalue weighted by molar-refractivity contribution is 7.81. The van der Waals surface area contributed by atoms with Crippen molar-refractivity contribution in [3.8, 4) is 5.75 Å². The van der Waals surface area contributed by atoms with Crippen molar-refractivity contribution in [1.29, 1.82) is 0 Å². The Kier molecular flexibility index (Phi) is 7.76. The van der Waals surface area contributed by atoms with Crippen molar-refractivity contribution in [3.63, 3.8) is 0 Å². The molecule has 0 aliphatic heterocycles. The molecule has 0 bridgehead atoms. The van der Waals surface area contributed by atoms with Crippen LogP contribution in [-0.4, -0.2) is 24.4 Å². The number of halogens is 1. The van der Waals surface area contributed by atoms with E-state index >= 15 is 0 Å². The van der Waals surface area contributed by atoms with Crippen molar-refractivity contribution >= 4 is 25.0 Å². The summed E-state index contributed by atoms with van der Waals surface area (Å²) >= 11 is 4.45. The maximum atomic E-state index is 5.67. The summed E-state index contributed by atoms with van der Waals surface area (Å²) in [7, 11) is 0. The second-order valence-electron chi connectivity index (χ2n) is 5.08. The van der Waals surface area contributed by atoms with Crippen LogP contribution in [0.1, 0.15) is 25.0 Å². The van der Waals surface area contributed by atoms with Gasteiger partial charge in [0.1, 0.15) is 12.4 Å². The third kappa shape index (κ3) is 7.14. The first-order chi connectivity index (χ1) is 7.88. The fourth-order valence-electron chi connectivity index (χ4n) is 1.44. The second kappa shape index (κ2) is 7.93. The highest BCUT2D eigenvalue weighted by atomic mass is 35.5. The summed E-state index contributed by atoms with van der Waals surface area (Å²) < 4.78 is 5.70. The molecule has 0 saturated heterocycles.